The van der Waals surface area contributed by atoms with Gasteiger partial charge in [0.2, 0.25) is 0 Å². The van der Waals surface area contributed by atoms with Crippen LogP contribution in [0, 0.1) is 0 Å². The number of hydrogen-bond donors (Lipinski definition) is 0. The van der Waals surface area contributed by atoms with E-state index in [1.54, 1.807) is 19.1 Å². The van der Waals surface area contributed by atoms with Gasteiger partial charge >= 0.3 is 11.8 Å². The molecule has 0 aromatic heterocycles. The van der Waals surface area contributed by atoms with E-state index in [-0.39, 0.29) is 6.04 Å². The number of carbonyl (C=O) groups is 2. The van der Waals surface area contributed by atoms with Crippen molar-refractivity contribution in [3.05, 3.63) is 35.9 Å². The quantitative estimate of drug-likeness (QED) is 0.642. The van der Waals surface area contributed by atoms with E-state index in [2.05, 4.69) is 0 Å². The molecule has 0 aliphatic carbocycles. The molecule has 6 nitrogen and oxygen atoms in total. The summed E-state index contributed by atoms with van der Waals surface area (Å²) in [6.07, 6.45) is 0. The molecule has 1 aromatic rings. The second-order valence-corrected chi connectivity index (χ2v) is 5.79. The first kappa shape index (κ1) is 20.1. The molecule has 0 atom stereocenters. The molecule has 0 unspecified atom stereocenters. The molecule has 0 bridgehead atoms. The lowest BCUT2D eigenvalue weighted by molar-refractivity contribution is -0.154. The highest BCUT2D eigenvalue weighted by Crippen LogP contribution is 2.10. The second kappa shape index (κ2) is 10.8. The molecule has 1 rings (SSSR count). The molecule has 2 amide bonds. The minimum absolute atomic E-state index is 0.0756. The number of amides is 2. The van der Waals surface area contributed by atoms with Crippen molar-refractivity contribution in [2.24, 2.45) is 0 Å². The number of hydrogen-bond acceptors (Lipinski definition) is 4. The van der Waals surface area contributed by atoms with Gasteiger partial charge in [0.25, 0.3) is 0 Å². The molecule has 0 heterocycles. The van der Waals surface area contributed by atoms with E-state index >= 15 is 0 Å². The Morgan fingerprint density at radius 2 is 1.50 bits per heavy atom. The van der Waals surface area contributed by atoms with E-state index in [0.717, 1.165) is 5.56 Å². The minimum Gasteiger partial charge on any atom is -0.383 e. The van der Waals surface area contributed by atoms with Crippen LogP contribution < -0.4 is 0 Å². The predicted octanol–water partition coefficient (Wildman–Crippen LogP) is 1.54. The van der Waals surface area contributed by atoms with Gasteiger partial charge in [0.1, 0.15) is 0 Å². The van der Waals surface area contributed by atoms with Gasteiger partial charge in [0.15, 0.2) is 0 Å². The number of methoxy groups -OCH3 is 2. The standard InChI is InChI=1S/C18H28N2O4/c1-15(2)20(14-16-8-6-5-7-9-16)18(22)17(21)19(10-12-23-3)11-13-24-4/h5-9,15H,10-14H2,1-4H3. The smallest absolute Gasteiger partial charge is 0.312 e. The third-order valence-electron chi connectivity index (χ3n) is 3.68. The van der Waals surface area contributed by atoms with E-state index in [0.29, 0.717) is 32.8 Å². The van der Waals surface area contributed by atoms with Crippen LogP contribution in [0.2, 0.25) is 0 Å². The highest BCUT2D eigenvalue weighted by atomic mass is 16.5. The molecule has 6 heteroatoms. The Labute approximate surface area is 144 Å². The van der Waals surface area contributed by atoms with Crippen molar-refractivity contribution in [2.75, 3.05) is 40.5 Å². The molecule has 0 saturated carbocycles. The zero-order valence-electron chi connectivity index (χ0n) is 15.0. The Morgan fingerprint density at radius 1 is 0.958 bits per heavy atom. The maximum absolute atomic E-state index is 12.7. The van der Waals surface area contributed by atoms with Crippen molar-refractivity contribution in [1.29, 1.82) is 0 Å². The number of ether oxygens (including phenoxy) is 2. The summed E-state index contributed by atoms with van der Waals surface area (Å²) < 4.78 is 10.1. The highest BCUT2D eigenvalue weighted by molar-refractivity contribution is 6.34. The fourth-order valence-corrected chi connectivity index (χ4v) is 2.24. The highest BCUT2D eigenvalue weighted by Gasteiger charge is 2.28. The maximum atomic E-state index is 12.7. The lowest BCUT2D eigenvalue weighted by Gasteiger charge is -2.29. The Morgan fingerprint density at radius 3 is 1.96 bits per heavy atom. The molecule has 24 heavy (non-hydrogen) atoms. The van der Waals surface area contributed by atoms with Gasteiger partial charge in [-0.2, -0.15) is 0 Å². The van der Waals surface area contributed by atoms with Gasteiger partial charge in [-0.3, -0.25) is 9.59 Å². The molecular formula is C18H28N2O4. The van der Waals surface area contributed by atoms with Gasteiger partial charge in [0, 0.05) is 39.9 Å². The van der Waals surface area contributed by atoms with Crippen LogP contribution >= 0.6 is 0 Å². The zero-order chi connectivity index (χ0) is 17.9. The summed E-state index contributed by atoms with van der Waals surface area (Å²) in [5.41, 5.74) is 0.993. The van der Waals surface area contributed by atoms with Crippen molar-refractivity contribution in [1.82, 2.24) is 9.80 Å². The first-order valence-corrected chi connectivity index (χ1v) is 8.13. The van der Waals surface area contributed by atoms with Gasteiger partial charge in [-0.25, -0.2) is 0 Å². The Bertz CT molecular complexity index is 497. The molecule has 0 aliphatic rings. The zero-order valence-corrected chi connectivity index (χ0v) is 15.0. The minimum atomic E-state index is -0.520. The third kappa shape index (κ3) is 6.29. The van der Waals surface area contributed by atoms with E-state index in [4.69, 9.17) is 9.47 Å². The van der Waals surface area contributed by atoms with E-state index in [1.165, 1.54) is 4.90 Å². The van der Waals surface area contributed by atoms with Crippen molar-refractivity contribution in [3.63, 3.8) is 0 Å². The first-order chi connectivity index (χ1) is 11.5. The SMILES string of the molecule is COCCN(CCOC)C(=O)C(=O)N(Cc1ccccc1)C(C)C. The van der Waals surface area contributed by atoms with Crippen molar-refractivity contribution < 1.29 is 19.1 Å². The first-order valence-electron chi connectivity index (χ1n) is 8.13. The predicted molar refractivity (Wildman–Crippen MR) is 92.5 cm³/mol. The molecule has 0 spiro atoms. The number of carbonyl (C=O) groups excluding carboxylic acids is 2. The second-order valence-electron chi connectivity index (χ2n) is 5.79. The molecular weight excluding hydrogens is 308 g/mol. The average Bonchev–Trinajstić information content (AvgIpc) is 2.59. The lowest BCUT2D eigenvalue weighted by atomic mass is 10.2. The molecule has 1 aromatic carbocycles. The normalized spacial score (nSPS) is 10.7. The van der Waals surface area contributed by atoms with Gasteiger partial charge in [-0.05, 0) is 19.4 Å². The van der Waals surface area contributed by atoms with E-state index in [9.17, 15) is 9.59 Å². The third-order valence-corrected chi connectivity index (χ3v) is 3.68. The van der Waals surface area contributed by atoms with Crippen LogP contribution in [-0.2, 0) is 25.6 Å². The van der Waals surface area contributed by atoms with Crippen molar-refractivity contribution in [2.45, 2.75) is 26.4 Å². The Balaban J connectivity index is 2.84. The van der Waals surface area contributed by atoms with Crippen molar-refractivity contribution in [3.8, 4) is 0 Å². The largest absolute Gasteiger partial charge is 0.383 e. The lowest BCUT2D eigenvalue weighted by Crippen LogP contribution is -2.49. The maximum Gasteiger partial charge on any atom is 0.312 e. The van der Waals surface area contributed by atoms with Crippen LogP contribution in [0.1, 0.15) is 19.4 Å². The molecule has 0 radical (unpaired) electrons. The molecule has 0 saturated heterocycles. The molecule has 0 fully saturated rings. The summed E-state index contributed by atoms with van der Waals surface area (Å²) in [5, 5.41) is 0. The molecule has 0 aliphatic heterocycles. The van der Waals surface area contributed by atoms with Crippen molar-refractivity contribution >= 4 is 11.8 Å². The van der Waals surface area contributed by atoms with Gasteiger partial charge in [0.05, 0.1) is 13.2 Å². The van der Waals surface area contributed by atoms with E-state index in [1.807, 2.05) is 44.2 Å². The Kier molecular flexibility index (Phi) is 9.04. The van der Waals surface area contributed by atoms with Crippen LogP contribution in [0.3, 0.4) is 0 Å². The van der Waals surface area contributed by atoms with Gasteiger partial charge in [-0.1, -0.05) is 30.3 Å². The number of benzene rings is 1. The number of nitrogens with zero attached hydrogens (tertiary/aromatic N) is 2. The summed E-state index contributed by atoms with van der Waals surface area (Å²) in [5.74, 6) is -1.02. The molecule has 134 valence electrons. The number of rotatable bonds is 9. The van der Waals surface area contributed by atoms with Crippen LogP contribution in [0.25, 0.3) is 0 Å². The van der Waals surface area contributed by atoms with Gasteiger partial charge < -0.3 is 19.3 Å². The van der Waals surface area contributed by atoms with Crippen LogP contribution in [-0.4, -0.2) is 68.2 Å². The average molecular weight is 336 g/mol. The Hall–Kier alpha value is -1.92. The van der Waals surface area contributed by atoms with Crippen LogP contribution in [0.15, 0.2) is 30.3 Å². The van der Waals surface area contributed by atoms with Crippen LogP contribution in [0.5, 0.6) is 0 Å². The summed E-state index contributed by atoms with van der Waals surface area (Å²) in [6, 6.07) is 9.58. The van der Waals surface area contributed by atoms with E-state index < -0.39 is 11.8 Å². The summed E-state index contributed by atoms with van der Waals surface area (Å²) in [7, 11) is 3.13. The fourth-order valence-electron chi connectivity index (χ4n) is 2.24. The molecule has 0 N–H and O–H groups in total. The van der Waals surface area contributed by atoms with Gasteiger partial charge in [-0.15, -0.1) is 0 Å². The summed E-state index contributed by atoms with van der Waals surface area (Å²) in [4.78, 5) is 28.4. The van der Waals surface area contributed by atoms with Crippen LogP contribution in [0.4, 0.5) is 0 Å². The summed E-state index contributed by atoms with van der Waals surface area (Å²) in [6.45, 7) is 5.70. The fraction of sp³-hybridized carbons (Fsp3) is 0.556. The summed E-state index contributed by atoms with van der Waals surface area (Å²) >= 11 is 0. The topological polar surface area (TPSA) is 59.1 Å². The monoisotopic (exact) mass is 336 g/mol.